The van der Waals surface area contributed by atoms with Crippen molar-refractivity contribution in [2.75, 3.05) is 11.9 Å². The van der Waals surface area contributed by atoms with Crippen LogP contribution in [-0.4, -0.2) is 17.6 Å². The summed E-state index contributed by atoms with van der Waals surface area (Å²) in [4.78, 5) is 11.9. The molecule has 0 aromatic heterocycles. The smallest absolute Gasteiger partial charge is 0.264 e. The maximum atomic E-state index is 11.9. The maximum absolute atomic E-state index is 11.9. The number of nitrogens with one attached hydrogen (secondary N) is 2. The third-order valence-corrected chi connectivity index (χ3v) is 4.57. The van der Waals surface area contributed by atoms with Gasteiger partial charge in [0, 0.05) is 10.2 Å². The number of hydrogen-bond donors (Lipinski definition) is 2. The minimum atomic E-state index is -0.336. The number of halogens is 2. The summed E-state index contributed by atoms with van der Waals surface area (Å²) in [7, 11) is 0. The number of carbonyl (C=O) groups excluding carboxylic acids is 1. The third kappa shape index (κ3) is 5.47. The Morgan fingerprint density at radius 2 is 2.00 bits per heavy atom. The lowest BCUT2D eigenvalue weighted by Crippen LogP contribution is -2.37. The van der Waals surface area contributed by atoms with Gasteiger partial charge in [-0.3, -0.25) is 10.1 Å². The second-order valence-corrected chi connectivity index (χ2v) is 6.86. The maximum Gasteiger partial charge on any atom is 0.264 e. The van der Waals surface area contributed by atoms with Gasteiger partial charge in [-0.15, -0.1) is 0 Å². The van der Waals surface area contributed by atoms with E-state index in [1.807, 2.05) is 32.0 Å². The lowest BCUT2D eigenvalue weighted by atomic mass is 10.1. The van der Waals surface area contributed by atoms with Crippen LogP contribution in [0.2, 0.25) is 5.02 Å². The molecule has 2 rings (SSSR count). The van der Waals surface area contributed by atoms with Crippen molar-refractivity contribution >= 4 is 56.5 Å². The first-order valence-corrected chi connectivity index (χ1v) is 8.69. The highest BCUT2D eigenvalue weighted by atomic mass is 79.9. The summed E-state index contributed by atoms with van der Waals surface area (Å²) >= 11 is 14.4. The minimum absolute atomic E-state index is 0.118. The molecule has 0 radical (unpaired) electrons. The molecule has 0 fully saturated rings. The Morgan fingerprint density at radius 3 is 2.71 bits per heavy atom. The monoisotopic (exact) mass is 426 g/mol. The summed E-state index contributed by atoms with van der Waals surface area (Å²) in [5, 5.41) is 6.20. The fourth-order valence-electron chi connectivity index (χ4n) is 1.91. The van der Waals surface area contributed by atoms with E-state index in [0.717, 1.165) is 15.6 Å². The summed E-state index contributed by atoms with van der Waals surface area (Å²) in [5.41, 5.74) is 2.72. The van der Waals surface area contributed by atoms with Crippen LogP contribution in [-0.2, 0) is 4.79 Å². The number of carbonyl (C=O) groups is 1. The molecule has 2 aromatic carbocycles. The van der Waals surface area contributed by atoms with Crippen LogP contribution in [0.4, 0.5) is 5.69 Å². The lowest BCUT2D eigenvalue weighted by molar-refractivity contribution is -0.121. The molecule has 0 aliphatic heterocycles. The number of benzene rings is 2. The van der Waals surface area contributed by atoms with Gasteiger partial charge >= 0.3 is 0 Å². The first-order chi connectivity index (χ1) is 11.3. The van der Waals surface area contributed by atoms with Gasteiger partial charge in [-0.25, -0.2) is 0 Å². The topological polar surface area (TPSA) is 50.4 Å². The molecule has 0 saturated carbocycles. The zero-order valence-corrected chi connectivity index (χ0v) is 16.3. The van der Waals surface area contributed by atoms with Crippen LogP contribution in [0.15, 0.2) is 40.9 Å². The molecular formula is C17H16BrClN2O2S. The summed E-state index contributed by atoms with van der Waals surface area (Å²) in [6.45, 7) is 3.78. The van der Waals surface area contributed by atoms with E-state index in [1.54, 1.807) is 18.2 Å². The molecule has 0 aliphatic rings. The Labute approximate surface area is 159 Å². The van der Waals surface area contributed by atoms with Crippen LogP contribution in [0.25, 0.3) is 0 Å². The molecule has 0 spiro atoms. The number of rotatable bonds is 4. The van der Waals surface area contributed by atoms with Crippen molar-refractivity contribution < 1.29 is 9.53 Å². The summed E-state index contributed by atoms with van der Waals surface area (Å²) in [6.07, 6.45) is 0. The van der Waals surface area contributed by atoms with E-state index < -0.39 is 0 Å². The van der Waals surface area contributed by atoms with Gasteiger partial charge in [0.1, 0.15) is 5.75 Å². The van der Waals surface area contributed by atoms with Gasteiger partial charge in [-0.05, 0) is 77.4 Å². The average Bonchev–Trinajstić information content (AvgIpc) is 2.51. The molecular weight excluding hydrogens is 412 g/mol. The molecule has 0 unspecified atom stereocenters. The Balaban J connectivity index is 1.86. The van der Waals surface area contributed by atoms with E-state index in [2.05, 4.69) is 26.6 Å². The molecule has 0 saturated heterocycles. The Morgan fingerprint density at radius 1 is 1.25 bits per heavy atom. The second kappa shape index (κ2) is 8.46. The molecule has 0 aliphatic carbocycles. The molecule has 2 N–H and O–H groups in total. The highest BCUT2D eigenvalue weighted by Gasteiger charge is 2.08. The number of amides is 1. The fourth-order valence-corrected chi connectivity index (χ4v) is 2.56. The van der Waals surface area contributed by atoms with Crippen LogP contribution in [0, 0.1) is 13.8 Å². The van der Waals surface area contributed by atoms with Crippen molar-refractivity contribution in [1.82, 2.24) is 5.32 Å². The van der Waals surface area contributed by atoms with Crippen molar-refractivity contribution in [2.24, 2.45) is 0 Å². The summed E-state index contributed by atoms with van der Waals surface area (Å²) in [5.74, 6) is 0.348. The molecule has 7 heteroatoms. The van der Waals surface area contributed by atoms with Crippen molar-refractivity contribution in [2.45, 2.75) is 13.8 Å². The minimum Gasteiger partial charge on any atom is -0.483 e. The van der Waals surface area contributed by atoms with Crippen molar-refractivity contribution in [3.8, 4) is 5.75 Å². The average molecular weight is 428 g/mol. The standard InChI is InChI=1S/C17H16BrClN2O2S/c1-10-3-4-11(2)15(7-10)23-9-16(22)21-17(24)20-12-5-6-13(18)14(19)8-12/h3-8H,9H2,1-2H3,(H2,20,21,22,24). The van der Waals surface area contributed by atoms with Crippen molar-refractivity contribution in [3.63, 3.8) is 0 Å². The molecule has 2 aromatic rings. The van der Waals surface area contributed by atoms with Gasteiger partial charge < -0.3 is 10.1 Å². The van der Waals surface area contributed by atoms with E-state index in [1.165, 1.54) is 0 Å². The predicted molar refractivity (Wildman–Crippen MR) is 105 cm³/mol. The van der Waals surface area contributed by atoms with Gasteiger partial charge in [-0.1, -0.05) is 23.7 Å². The van der Waals surface area contributed by atoms with Gasteiger partial charge in [0.25, 0.3) is 5.91 Å². The normalized spacial score (nSPS) is 10.2. The fraction of sp³-hybridized carbons (Fsp3) is 0.176. The quantitative estimate of drug-likeness (QED) is 0.700. The molecule has 1 amide bonds. The SMILES string of the molecule is Cc1ccc(C)c(OCC(=O)NC(=S)Nc2ccc(Br)c(Cl)c2)c1. The van der Waals surface area contributed by atoms with E-state index in [-0.39, 0.29) is 17.6 Å². The van der Waals surface area contributed by atoms with Gasteiger partial charge in [0.05, 0.1) is 5.02 Å². The molecule has 0 heterocycles. The van der Waals surface area contributed by atoms with Crippen molar-refractivity contribution in [1.29, 1.82) is 0 Å². The van der Waals surface area contributed by atoms with Crippen LogP contribution >= 0.6 is 39.7 Å². The largest absolute Gasteiger partial charge is 0.483 e. The van der Waals surface area contributed by atoms with Crippen LogP contribution < -0.4 is 15.4 Å². The number of aryl methyl sites for hydroxylation is 2. The molecule has 24 heavy (non-hydrogen) atoms. The zero-order valence-electron chi connectivity index (χ0n) is 13.2. The van der Waals surface area contributed by atoms with Crippen molar-refractivity contribution in [3.05, 3.63) is 57.0 Å². The first-order valence-electron chi connectivity index (χ1n) is 7.11. The third-order valence-electron chi connectivity index (χ3n) is 3.13. The van der Waals surface area contributed by atoms with E-state index in [0.29, 0.717) is 16.5 Å². The molecule has 0 atom stereocenters. The van der Waals surface area contributed by atoms with Gasteiger partial charge in [0.15, 0.2) is 11.7 Å². The first kappa shape index (κ1) is 18.7. The van der Waals surface area contributed by atoms with Crippen LogP contribution in [0.3, 0.4) is 0 Å². The zero-order chi connectivity index (χ0) is 17.7. The van der Waals surface area contributed by atoms with Gasteiger partial charge in [0.2, 0.25) is 0 Å². The predicted octanol–water partition coefficient (Wildman–Crippen LogP) is 4.61. The lowest BCUT2D eigenvalue weighted by Gasteiger charge is -2.12. The highest BCUT2D eigenvalue weighted by molar-refractivity contribution is 9.10. The number of hydrogen-bond acceptors (Lipinski definition) is 3. The van der Waals surface area contributed by atoms with E-state index >= 15 is 0 Å². The van der Waals surface area contributed by atoms with Crippen LogP contribution in [0.1, 0.15) is 11.1 Å². The number of anilines is 1. The highest BCUT2D eigenvalue weighted by Crippen LogP contribution is 2.25. The molecule has 0 bridgehead atoms. The van der Waals surface area contributed by atoms with E-state index in [9.17, 15) is 4.79 Å². The summed E-state index contributed by atoms with van der Waals surface area (Å²) < 4.78 is 6.32. The van der Waals surface area contributed by atoms with Gasteiger partial charge in [-0.2, -0.15) is 0 Å². The Kier molecular flexibility index (Phi) is 6.60. The number of ether oxygens (including phenoxy) is 1. The molecule has 126 valence electrons. The van der Waals surface area contributed by atoms with E-state index in [4.69, 9.17) is 28.6 Å². The molecule has 4 nitrogen and oxygen atoms in total. The van der Waals surface area contributed by atoms with Crippen LogP contribution in [0.5, 0.6) is 5.75 Å². The summed E-state index contributed by atoms with van der Waals surface area (Å²) in [6, 6.07) is 11.1. The second-order valence-electron chi connectivity index (χ2n) is 5.19. The Bertz CT molecular complexity index is 783. The number of thiocarbonyl (C=S) groups is 1. The Hall–Kier alpha value is -1.63.